The summed E-state index contributed by atoms with van der Waals surface area (Å²) in [6.07, 6.45) is 3.33. The van der Waals surface area contributed by atoms with E-state index in [1.165, 1.54) is 25.9 Å². The molecule has 4 nitrogen and oxygen atoms in total. The molecule has 106 valence electrons. The maximum Gasteiger partial charge on any atom is 0.407 e. The summed E-state index contributed by atoms with van der Waals surface area (Å²) in [5, 5.41) is 2.84. The molecule has 1 rings (SSSR count). The standard InChI is InChI=1S/C14H28N2O2/c1-4-16-9-6-13(7-10-16)5-8-15-14(17)18-11-12(2)3/h12-13H,4-11H2,1-3H3,(H,15,17). The first-order valence-corrected chi connectivity index (χ1v) is 7.24. The number of piperidine rings is 1. The molecule has 4 heteroatoms. The van der Waals surface area contributed by atoms with Crippen LogP contribution in [0.15, 0.2) is 0 Å². The van der Waals surface area contributed by atoms with Gasteiger partial charge in [-0.1, -0.05) is 20.8 Å². The van der Waals surface area contributed by atoms with E-state index in [4.69, 9.17) is 4.74 Å². The lowest BCUT2D eigenvalue weighted by atomic mass is 9.93. The van der Waals surface area contributed by atoms with Gasteiger partial charge in [0, 0.05) is 6.54 Å². The molecule has 0 aromatic heterocycles. The van der Waals surface area contributed by atoms with Crippen molar-refractivity contribution < 1.29 is 9.53 Å². The quantitative estimate of drug-likeness (QED) is 0.794. The Morgan fingerprint density at radius 1 is 1.39 bits per heavy atom. The lowest BCUT2D eigenvalue weighted by molar-refractivity contribution is 0.131. The summed E-state index contributed by atoms with van der Waals surface area (Å²) in [6, 6.07) is 0. The van der Waals surface area contributed by atoms with Gasteiger partial charge in [-0.05, 0) is 50.7 Å². The van der Waals surface area contributed by atoms with Crippen molar-refractivity contribution in [3.8, 4) is 0 Å². The zero-order valence-electron chi connectivity index (χ0n) is 12.1. The molecule has 1 fully saturated rings. The first kappa shape index (κ1) is 15.3. The number of carbonyl (C=O) groups excluding carboxylic acids is 1. The first-order valence-electron chi connectivity index (χ1n) is 7.24. The predicted octanol–water partition coefficient (Wildman–Crippen LogP) is 2.49. The van der Waals surface area contributed by atoms with Crippen LogP contribution in [-0.2, 0) is 4.74 Å². The Hall–Kier alpha value is -0.770. The molecule has 0 aromatic carbocycles. The van der Waals surface area contributed by atoms with Crippen molar-refractivity contribution in [2.75, 3.05) is 32.8 Å². The molecule has 18 heavy (non-hydrogen) atoms. The Kier molecular flexibility index (Phi) is 7.09. The number of likely N-dealkylation sites (tertiary alicyclic amines) is 1. The minimum Gasteiger partial charge on any atom is -0.449 e. The van der Waals surface area contributed by atoms with E-state index in [0.717, 1.165) is 25.4 Å². The topological polar surface area (TPSA) is 41.6 Å². The molecule has 1 heterocycles. The maximum atomic E-state index is 11.3. The molecular weight excluding hydrogens is 228 g/mol. The Balaban J connectivity index is 2.02. The highest BCUT2D eigenvalue weighted by molar-refractivity contribution is 5.66. The highest BCUT2D eigenvalue weighted by Gasteiger charge is 2.17. The zero-order chi connectivity index (χ0) is 13.4. The van der Waals surface area contributed by atoms with Gasteiger partial charge < -0.3 is 15.0 Å². The summed E-state index contributed by atoms with van der Waals surface area (Å²) < 4.78 is 5.07. The molecule has 0 aromatic rings. The van der Waals surface area contributed by atoms with E-state index in [2.05, 4.69) is 17.1 Å². The number of hydrogen-bond acceptors (Lipinski definition) is 3. The van der Waals surface area contributed by atoms with Crippen LogP contribution in [0.25, 0.3) is 0 Å². The van der Waals surface area contributed by atoms with Crippen LogP contribution in [0.1, 0.15) is 40.0 Å². The van der Waals surface area contributed by atoms with Crippen molar-refractivity contribution >= 4 is 6.09 Å². The third-order valence-electron chi connectivity index (χ3n) is 3.52. The highest BCUT2D eigenvalue weighted by atomic mass is 16.5. The van der Waals surface area contributed by atoms with E-state index in [9.17, 15) is 4.79 Å². The van der Waals surface area contributed by atoms with Gasteiger partial charge in [-0.25, -0.2) is 4.79 Å². The number of ether oxygens (including phenoxy) is 1. The average Bonchev–Trinajstić information content (AvgIpc) is 2.37. The predicted molar refractivity (Wildman–Crippen MR) is 73.6 cm³/mol. The van der Waals surface area contributed by atoms with Crippen LogP contribution in [0.2, 0.25) is 0 Å². The van der Waals surface area contributed by atoms with Crippen LogP contribution in [0, 0.1) is 11.8 Å². The van der Waals surface area contributed by atoms with Crippen LogP contribution < -0.4 is 5.32 Å². The van der Waals surface area contributed by atoms with E-state index >= 15 is 0 Å². The van der Waals surface area contributed by atoms with Gasteiger partial charge in [0.1, 0.15) is 0 Å². The number of rotatable bonds is 6. The SMILES string of the molecule is CCN1CCC(CCNC(=O)OCC(C)C)CC1. The summed E-state index contributed by atoms with van der Waals surface area (Å²) >= 11 is 0. The van der Waals surface area contributed by atoms with Gasteiger partial charge in [0.2, 0.25) is 0 Å². The molecule has 0 radical (unpaired) electrons. The maximum absolute atomic E-state index is 11.3. The summed E-state index contributed by atoms with van der Waals surface area (Å²) in [7, 11) is 0. The highest BCUT2D eigenvalue weighted by Crippen LogP contribution is 2.19. The molecule has 1 aliphatic heterocycles. The fourth-order valence-electron chi connectivity index (χ4n) is 2.26. The van der Waals surface area contributed by atoms with Gasteiger partial charge in [-0.3, -0.25) is 0 Å². The van der Waals surface area contributed by atoms with Gasteiger partial charge >= 0.3 is 6.09 Å². The van der Waals surface area contributed by atoms with Crippen molar-refractivity contribution in [2.24, 2.45) is 11.8 Å². The Bertz CT molecular complexity index is 236. The molecule has 1 amide bonds. The van der Waals surface area contributed by atoms with Gasteiger partial charge in [0.25, 0.3) is 0 Å². The van der Waals surface area contributed by atoms with E-state index in [1.54, 1.807) is 0 Å². The van der Waals surface area contributed by atoms with Crippen molar-refractivity contribution in [1.29, 1.82) is 0 Å². The smallest absolute Gasteiger partial charge is 0.407 e. The zero-order valence-corrected chi connectivity index (χ0v) is 12.1. The van der Waals surface area contributed by atoms with Crippen LogP contribution in [0.3, 0.4) is 0 Å². The average molecular weight is 256 g/mol. The second kappa shape index (κ2) is 8.35. The molecule has 1 saturated heterocycles. The molecule has 1 N–H and O–H groups in total. The number of nitrogens with one attached hydrogen (secondary N) is 1. The molecule has 0 spiro atoms. The third kappa shape index (κ3) is 6.24. The lowest BCUT2D eigenvalue weighted by Gasteiger charge is -2.30. The van der Waals surface area contributed by atoms with E-state index < -0.39 is 0 Å². The number of alkyl carbamates (subject to hydrolysis) is 1. The van der Waals surface area contributed by atoms with Crippen LogP contribution in [0.5, 0.6) is 0 Å². The molecular formula is C14H28N2O2. The fraction of sp³-hybridized carbons (Fsp3) is 0.929. The van der Waals surface area contributed by atoms with Gasteiger partial charge in [-0.2, -0.15) is 0 Å². The molecule has 0 bridgehead atoms. The van der Waals surface area contributed by atoms with E-state index in [-0.39, 0.29) is 6.09 Å². The Morgan fingerprint density at radius 2 is 2.06 bits per heavy atom. The largest absolute Gasteiger partial charge is 0.449 e. The number of amides is 1. The minimum atomic E-state index is -0.269. The van der Waals surface area contributed by atoms with Crippen LogP contribution in [-0.4, -0.2) is 43.8 Å². The lowest BCUT2D eigenvalue weighted by Crippen LogP contribution is -2.35. The Morgan fingerprint density at radius 3 is 2.61 bits per heavy atom. The van der Waals surface area contributed by atoms with Gasteiger partial charge in [-0.15, -0.1) is 0 Å². The third-order valence-corrected chi connectivity index (χ3v) is 3.52. The second-order valence-electron chi connectivity index (χ2n) is 5.59. The minimum absolute atomic E-state index is 0.269. The van der Waals surface area contributed by atoms with E-state index in [1.807, 2.05) is 13.8 Å². The van der Waals surface area contributed by atoms with Gasteiger partial charge in [0.05, 0.1) is 6.61 Å². The van der Waals surface area contributed by atoms with E-state index in [0.29, 0.717) is 12.5 Å². The van der Waals surface area contributed by atoms with Crippen LogP contribution in [0.4, 0.5) is 4.79 Å². The number of nitrogens with zero attached hydrogens (tertiary/aromatic N) is 1. The van der Waals surface area contributed by atoms with Crippen molar-refractivity contribution in [1.82, 2.24) is 10.2 Å². The number of hydrogen-bond donors (Lipinski definition) is 1. The van der Waals surface area contributed by atoms with Gasteiger partial charge in [0.15, 0.2) is 0 Å². The van der Waals surface area contributed by atoms with Crippen molar-refractivity contribution in [3.63, 3.8) is 0 Å². The first-order chi connectivity index (χ1) is 8.61. The molecule has 0 aliphatic carbocycles. The summed E-state index contributed by atoms with van der Waals surface area (Å²) in [5.41, 5.74) is 0. The molecule has 0 unspecified atom stereocenters. The fourth-order valence-corrected chi connectivity index (χ4v) is 2.26. The number of carbonyl (C=O) groups is 1. The monoisotopic (exact) mass is 256 g/mol. The summed E-state index contributed by atoms with van der Waals surface area (Å²) in [6.45, 7) is 11.1. The summed E-state index contributed by atoms with van der Waals surface area (Å²) in [4.78, 5) is 13.8. The molecule has 0 atom stereocenters. The molecule has 1 aliphatic rings. The van der Waals surface area contributed by atoms with Crippen LogP contribution >= 0.6 is 0 Å². The van der Waals surface area contributed by atoms with Crippen molar-refractivity contribution in [3.05, 3.63) is 0 Å². The van der Waals surface area contributed by atoms with Crippen molar-refractivity contribution in [2.45, 2.75) is 40.0 Å². The second-order valence-corrected chi connectivity index (χ2v) is 5.59. The molecule has 0 saturated carbocycles. The normalized spacial score (nSPS) is 18.0. The Labute approximate surface area is 111 Å². The summed E-state index contributed by atoms with van der Waals surface area (Å²) in [5.74, 6) is 1.16.